The van der Waals surface area contributed by atoms with E-state index in [2.05, 4.69) is 17.2 Å². The highest BCUT2D eigenvalue weighted by atomic mass is 32.1. The van der Waals surface area contributed by atoms with Crippen molar-refractivity contribution in [1.29, 1.82) is 0 Å². The van der Waals surface area contributed by atoms with Crippen LogP contribution in [0.1, 0.15) is 30.5 Å². The van der Waals surface area contributed by atoms with Gasteiger partial charge < -0.3 is 15.2 Å². The molecule has 1 unspecified atom stereocenters. The Bertz CT molecular complexity index is 514. The van der Waals surface area contributed by atoms with Crippen molar-refractivity contribution >= 4 is 11.3 Å². The maximum absolute atomic E-state index is 10.1. The quantitative estimate of drug-likeness (QED) is 0.852. The molecular formula is C14H18N2O2S. The molecule has 0 saturated carbocycles. The number of phenolic OH excluding ortho intramolecular Hbond substituents is 1. The second-order valence-corrected chi connectivity index (χ2v) is 5.10. The number of para-hydroxylation sites is 1. The SMILES string of the molecule is CCOc1cccc(CNC(C)c2nccs2)c1O. The van der Waals surface area contributed by atoms with Gasteiger partial charge in [-0.3, -0.25) is 0 Å². The Kier molecular flexibility index (Phi) is 4.76. The summed E-state index contributed by atoms with van der Waals surface area (Å²) in [6.45, 7) is 5.07. The summed E-state index contributed by atoms with van der Waals surface area (Å²) >= 11 is 1.62. The molecule has 4 nitrogen and oxygen atoms in total. The summed E-state index contributed by atoms with van der Waals surface area (Å²) in [5.41, 5.74) is 0.828. The van der Waals surface area contributed by atoms with Crippen LogP contribution in [0.25, 0.3) is 0 Å². The molecule has 0 saturated heterocycles. The normalized spacial score (nSPS) is 12.3. The Hall–Kier alpha value is -1.59. The van der Waals surface area contributed by atoms with Crippen LogP contribution in [0.4, 0.5) is 0 Å². The Balaban J connectivity index is 2.01. The molecule has 1 aromatic heterocycles. The second kappa shape index (κ2) is 6.54. The predicted octanol–water partition coefficient (Wildman–Crippen LogP) is 3.10. The zero-order chi connectivity index (χ0) is 13.7. The van der Waals surface area contributed by atoms with Crippen LogP contribution in [0.3, 0.4) is 0 Å². The fourth-order valence-electron chi connectivity index (χ4n) is 1.78. The van der Waals surface area contributed by atoms with Crippen molar-refractivity contribution in [3.8, 4) is 11.5 Å². The van der Waals surface area contributed by atoms with E-state index < -0.39 is 0 Å². The standard InChI is InChI=1S/C14H18N2O2S/c1-3-18-12-6-4-5-11(13(12)17)9-16-10(2)14-15-7-8-19-14/h4-8,10,16-17H,3,9H2,1-2H3. The molecule has 1 aromatic carbocycles. The van der Waals surface area contributed by atoms with Gasteiger partial charge in [-0.15, -0.1) is 11.3 Å². The molecule has 102 valence electrons. The number of aromatic nitrogens is 1. The molecule has 0 bridgehead atoms. The first kappa shape index (κ1) is 13.8. The van der Waals surface area contributed by atoms with E-state index in [0.29, 0.717) is 18.9 Å². The minimum absolute atomic E-state index is 0.162. The molecule has 0 spiro atoms. The number of hydrogen-bond acceptors (Lipinski definition) is 5. The highest BCUT2D eigenvalue weighted by Gasteiger charge is 2.11. The van der Waals surface area contributed by atoms with Crippen LogP contribution < -0.4 is 10.1 Å². The van der Waals surface area contributed by atoms with E-state index in [1.807, 2.05) is 24.4 Å². The second-order valence-electron chi connectivity index (χ2n) is 4.17. The van der Waals surface area contributed by atoms with Crippen LogP contribution in [0.2, 0.25) is 0 Å². The van der Waals surface area contributed by atoms with E-state index in [1.54, 1.807) is 23.6 Å². The molecule has 2 N–H and O–H groups in total. The highest BCUT2D eigenvalue weighted by molar-refractivity contribution is 7.09. The molecule has 1 atom stereocenters. The molecule has 1 heterocycles. The molecule has 19 heavy (non-hydrogen) atoms. The summed E-state index contributed by atoms with van der Waals surface area (Å²) in [7, 11) is 0. The number of thiazole rings is 1. The average molecular weight is 278 g/mol. The molecule has 0 radical (unpaired) electrons. The van der Waals surface area contributed by atoms with E-state index in [0.717, 1.165) is 10.6 Å². The topological polar surface area (TPSA) is 54.4 Å². The first-order valence-electron chi connectivity index (χ1n) is 6.28. The van der Waals surface area contributed by atoms with Gasteiger partial charge in [-0.2, -0.15) is 0 Å². The summed E-state index contributed by atoms with van der Waals surface area (Å²) in [5.74, 6) is 0.742. The summed E-state index contributed by atoms with van der Waals surface area (Å²) in [5, 5.41) is 16.4. The summed E-state index contributed by atoms with van der Waals surface area (Å²) in [6, 6.07) is 5.71. The number of aromatic hydroxyl groups is 1. The molecule has 2 aromatic rings. The number of nitrogens with zero attached hydrogens (tertiary/aromatic N) is 1. The molecule has 0 aliphatic carbocycles. The Morgan fingerprint density at radius 2 is 2.32 bits per heavy atom. The van der Waals surface area contributed by atoms with Crippen LogP contribution in [0.5, 0.6) is 11.5 Å². The fourth-order valence-corrected chi connectivity index (χ4v) is 2.45. The summed E-state index contributed by atoms with van der Waals surface area (Å²) in [4.78, 5) is 4.27. The lowest BCUT2D eigenvalue weighted by Crippen LogP contribution is -2.18. The first-order chi connectivity index (χ1) is 9.22. The van der Waals surface area contributed by atoms with Crippen molar-refractivity contribution < 1.29 is 9.84 Å². The number of hydrogen-bond donors (Lipinski definition) is 2. The van der Waals surface area contributed by atoms with Gasteiger partial charge in [0.25, 0.3) is 0 Å². The molecule has 2 rings (SSSR count). The van der Waals surface area contributed by atoms with Crippen LogP contribution in [0.15, 0.2) is 29.8 Å². The van der Waals surface area contributed by atoms with Crippen LogP contribution in [-0.2, 0) is 6.54 Å². The number of phenols is 1. The van der Waals surface area contributed by atoms with Crippen LogP contribution in [-0.4, -0.2) is 16.7 Å². The minimum atomic E-state index is 0.162. The van der Waals surface area contributed by atoms with Gasteiger partial charge in [-0.25, -0.2) is 4.98 Å². The number of rotatable bonds is 6. The van der Waals surface area contributed by atoms with Crippen molar-refractivity contribution in [2.45, 2.75) is 26.4 Å². The predicted molar refractivity (Wildman–Crippen MR) is 76.6 cm³/mol. The third kappa shape index (κ3) is 3.45. The van der Waals surface area contributed by atoms with Gasteiger partial charge in [0, 0.05) is 23.7 Å². The molecule has 0 aliphatic heterocycles. The fraction of sp³-hybridized carbons (Fsp3) is 0.357. The van der Waals surface area contributed by atoms with Gasteiger partial charge in [0.2, 0.25) is 0 Å². The highest BCUT2D eigenvalue weighted by Crippen LogP contribution is 2.30. The van der Waals surface area contributed by atoms with Gasteiger partial charge >= 0.3 is 0 Å². The molecule has 5 heteroatoms. The van der Waals surface area contributed by atoms with Crippen molar-refractivity contribution in [3.63, 3.8) is 0 Å². The number of nitrogens with one attached hydrogen (secondary N) is 1. The Morgan fingerprint density at radius 3 is 3.00 bits per heavy atom. The molecular weight excluding hydrogens is 260 g/mol. The van der Waals surface area contributed by atoms with Crippen molar-refractivity contribution in [3.05, 3.63) is 40.3 Å². The summed E-state index contributed by atoms with van der Waals surface area (Å²) in [6.07, 6.45) is 1.80. The Morgan fingerprint density at radius 1 is 1.47 bits per heavy atom. The maximum atomic E-state index is 10.1. The first-order valence-corrected chi connectivity index (χ1v) is 7.16. The zero-order valence-corrected chi connectivity index (χ0v) is 11.9. The van der Waals surface area contributed by atoms with Crippen molar-refractivity contribution in [2.75, 3.05) is 6.61 Å². The Labute approximate surface area is 117 Å². The lowest BCUT2D eigenvalue weighted by atomic mass is 10.1. The monoisotopic (exact) mass is 278 g/mol. The lowest BCUT2D eigenvalue weighted by molar-refractivity contribution is 0.316. The minimum Gasteiger partial charge on any atom is -0.504 e. The van der Waals surface area contributed by atoms with E-state index in [-0.39, 0.29) is 11.8 Å². The zero-order valence-electron chi connectivity index (χ0n) is 11.1. The maximum Gasteiger partial charge on any atom is 0.162 e. The summed E-state index contributed by atoms with van der Waals surface area (Å²) < 4.78 is 5.37. The van der Waals surface area contributed by atoms with Crippen LogP contribution >= 0.6 is 11.3 Å². The smallest absolute Gasteiger partial charge is 0.162 e. The third-order valence-electron chi connectivity index (χ3n) is 2.80. The van der Waals surface area contributed by atoms with Gasteiger partial charge in [-0.1, -0.05) is 12.1 Å². The van der Waals surface area contributed by atoms with Gasteiger partial charge in [-0.05, 0) is 19.9 Å². The van der Waals surface area contributed by atoms with Crippen LogP contribution in [0, 0.1) is 0 Å². The number of ether oxygens (including phenoxy) is 1. The van der Waals surface area contributed by atoms with E-state index in [1.165, 1.54) is 0 Å². The van der Waals surface area contributed by atoms with Crippen molar-refractivity contribution in [2.24, 2.45) is 0 Å². The number of benzene rings is 1. The largest absolute Gasteiger partial charge is 0.504 e. The molecule has 0 fully saturated rings. The van der Waals surface area contributed by atoms with Gasteiger partial charge in [0.15, 0.2) is 11.5 Å². The molecule has 0 amide bonds. The van der Waals surface area contributed by atoms with E-state index >= 15 is 0 Å². The lowest BCUT2D eigenvalue weighted by Gasteiger charge is -2.14. The van der Waals surface area contributed by atoms with E-state index in [9.17, 15) is 5.11 Å². The van der Waals surface area contributed by atoms with Crippen molar-refractivity contribution in [1.82, 2.24) is 10.3 Å². The molecule has 0 aliphatic rings. The van der Waals surface area contributed by atoms with E-state index in [4.69, 9.17) is 4.74 Å². The van der Waals surface area contributed by atoms with Gasteiger partial charge in [0.05, 0.1) is 12.6 Å². The average Bonchev–Trinajstić information content (AvgIpc) is 2.94. The third-order valence-corrected chi connectivity index (χ3v) is 3.76. The van der Waals surface area contributed by atoms with Gasteiger partial charge in [0.1, 0.15) is 5.01 Å².